The van der Waals surface area contributed by atoms with Gasteiger partial charge in [0.15, 0.2) is 5.82 Å². The van der Waals surface area contributed by atoms with E-state index < -0.39 is 11.6 Å². The summed E-state index contributed by atoms with van der Waals surface area (Å²) in [6.45, 7) is 0. The van der Waals surface area contributed by atoms with Gasteiger partial charge in [-0.2, -0.15) is 0 Å². The van der Waals surface area contributed by atoms with Gasteiger partial charge in [0.1, 0.15) is 16.8 Å². The van der Waals surface area contributed by atoms with Gasteiger partial charge in [0.05, 0.1) is 11.1 Å². The van der Waals surface area contributed by atoms with E-state index in [1.54, 1.807) is 6.07 Å². The van der Waals surface area contributed by atoms with Gasteiger partial charge in [-0.05, 0) is 52.9 Å². The van der Waals surface area contributed by atoms with Crippen LogP contribution in [0.25, 0.3) is 22.3 Å². The monoisotopic (exact) mass is 402 g/mol. The van der Waals surface area contributed by atoms with Crippen LogP contribution >= 0.6 is 34.2 Å². The van der Waals surface area contributed by atoms with Crippen LogP contribution in [0.1, 0.15) is 0 Å². The van der Waals surface area contributed by atoms with Gasteiger partial charge in [0, 0.05) is 8.96 Å². The van der Waals surface area contributed by atoms with Gasteiger partial charge < -0.3 is 0 Å². The molecule has 100 valence electrons. The summed E-state index contributed by atoms with van der Waals surface area (Å²) in [4.78, 5) is 8.20. The van der Waals surface area contributed by atoms with E-state index in [1.165, 1.54) is 6.07 Å². The molecule has 0 saturated heterocycles. The molecular formula is C14H6ClF2IN2. The minimum absolute atomic E-state index is 0.0562. The highest BCUT2D eigenvalue weighted by atomic mass is 127. The summed E-state index contributed by atoms with van der Waals surface area (Å²) in [6.07, 6.45) is 0. The lowest BCUT2D eigenvalue weighted by molar-refractivity contribution is 0.587. The zero-order chi connectivity index (χ0) is 14.3. The van der Waals surface area contributed by atoms with Crippen molar-refractivity contribution >= 4 is 45.1 Å². The van der Waals surface area contributed by atoms with Crippen molar-refractivity contribution in [1.82, 2.24) is 9.97 Å². The van der Waals surface area contributed by atoms with Gasteiger partial charge >= 0.3 is 0 Å². The molecule has 3 aromatic rings. The van der Waals surface area contributed by atoms with Crippen LogP contribution in [0.5, 0.6) is 0 Å². The summed E-state index contributed by atoms with van der Waals surface area (Å²) >= 11 is 8.23. The van der Waals surface area contributed by atoms with E-state index in [9.17, 15) is 8.78 Å². The number of fused-ring (bicyclic) bond motifs is 1. The van der Waals surface area contributed by atoms with Crippen molar-refractivity contribution in [3.63, 3.8) is 0 Å². The summed E-state index contributed by atoms with van der Waals surface area (Å²) in [5.74, 6) is -1.49. The largest absolute Gasteiger partial charge is 0.228 e. The second-order valence-corrected chi connectivity index (χ2v) is 5.70. The first-order valence-electron chi connectivity index (χ1n) is 5.63. The summed E-state index contributed by atoms with van der Waals surface area (Å²) in [5.41, 5.74) is 0.276. The van der Waals surface area contributed by atoms with Gasteiger partial charge in [0.25, 0.3) is 0 Å². The second kappa shape index (κ2) is 5.21. The van der Waals surface area contributed by atoms with Crippen LogP contribution in [0.15, 0.2) is 36.4 Å². The first-order valence-corrected chi connectivity index (χ1v) is 7.09. The minimum Gasteiger partial charge on any atom is -0.228 e. The van der Waals surface area contributed by atoms with Crippen molar-refractivity contribution in [1.29, 1.82) is 0 Å². The molecule has 0 atom stereocenters. The Morgan fingerprint density at radius 2 is 1.70 bits per heavy atom. The van der Waals surface area contributed by atoms with Crippen LogP contribution in [0.3, 0.4) is 0 Å². The van der Waals surface area contributed by atoms with Gasteiger partial charge in [-0.1, -0.05) is 17.7 Å². The molecule has 1 aromatic heterocycles. The van der Waals surface area contributed by atoms with Crippen LogP contribution in [-0.4, -0.2) is 9.97 Å². The number of aromatic nitrogens is 2. The van der Waals surface area contributed by atoms with Crippen molar-refractivity contribution in [3.05, 3.63) is 56.8 Å². The molecule has 0 bridgehead atoms. The molecule has 0 saturated carbocycles. The molecule has 0 radical (unpaired) electrons. The molecule has 0 aliphatic carbocycles. The molecule has 0 aliphatic rings. The molecule has 2 nitrogen and oxygen atoms in total. The van der Waals surface area contributed by atoms with E-state index in [1.807, 2.05) is 12.1 Å². The minimum atomic E-state index is -0.717. The smallest absolute Gasteiger partial charge is 0.167 e. The number of hydrogen-bond donors (Lipinski definition) is 0. The number of nitrogens with zero attached hydrogens (tertiary/aromatic N) is 2. The zero-order valence-electron chi connectivity index (χ0n) is 9.87. The lowest BCUT2D eigenvalue weighted by atomic mass is 10.1. The normalized spacial score (nSPS) is 11.0. The molecule has 0 fully saturated rings. The topological polar surface area (TPSA) is 25.8 Å². The quantitative estimate of drug-likeness (QED) is 0.430. The predicted octanol–water partition coefficient (Wildman–Crippen LogP) is 4.83. The number of benzene rings is 2. The number of hydrogen-bond acceptors (Lipinski definition) is 2. The molecule has 0 aliphatic heterocycles. The Morgan fingerprint density at radius 3 is 2.40 bits per heavy atom. The van der Waals surface area contributed by atoms with Crippen LogP contribution in [0.4, 0.5) is 8.78 Å². The Balaban J connectivity index is 2.31. The number of halogens is 4. The van der Waals surface area contributed by atoms with Gasteiger partial charge in [-0.25, -0.2) is 18.7 Å². The third kappa shape index (κ3) is 2.35. The summed E-state index contributed by atoms with van der Waals surface area (Å²) < 4.78 is 28.5. The maximum absolute atomic E-state index is 13.8. The van der Waals surface area contributed by atoms with E-state index in [0.717, 1.165) is 15.7 Å². The van der Waals surface area contributed by atoms with E-state index in [4.69, 9.17) is 11.6 Å². The first-order chi connectivity index (χ1) is 9.56. The lowest BCUT2D eigenvalue weighted by Crippen LogP contribution is -1.97. The van der Waals surface area contributed by atoms with E-state index in [-0.39, 0.29) is 16.5 Å². The van der Waals surface area contributed by atoms with Gasteiger partial charge in [0.2, 0.25) is 0 Å². The van der Waals surface area contributed by atoms with Gasteiger partial charge in [-0.3, -0.25) is 0 Å². The van der Waals surface area contributed by atoms with Crippen molar-refractivity contribution in [2.45, 2.75) is 0 Å². The Bertz CT molecular complexity index is 803. The third-order valence-corrected chi connectivity index (χ3v) is 3.76. The molecule has 2 aromatic carbocycles. The fraction of sp³-hybridized carbons (Fsp3) is 0. The molecule has 6 heteroatoms. The zero-order valence-corrected chi connectivity index (χ0v) is 12.8. The summed E-state index contributed by atoms with van der Waals surface area (Å²) in [7, 11) is 0. The van der Waals surface area contributed by atoms with Crippen LogP contribution in [0.2, 0.25) is 5.15 Å². The van der Waals surface area contributed by atoms with Crippen LogP contribution < -0.4 is 0 Å². The average Bonchev–Trinajstić information content (AvgIpc) is 2.39. The number of rotatable bonds is 1. The Morgan fingerprint density at radius 1 is 1.00 bits per heavy atom. The molecule has 20 heavy (non-hydrogen) atoms. The molecule has 0 unspecified atom stereocenters. The Kier molecular flexibility index (Phi) is 3.55. The molecule has 0 spiro atoms. The molecule has 1 heterocycles. The van der Waals surface area contributed by atoms with Crippen LogP contribution in [0, 0.1) is 15.2 Å². The third-order valence-electron chi connectivity index (χ3n) is 2.80. The predicted molar refractivity (Wildman–Crippen MR) is 82.6 cm³/mol. The van der Waals surface area contributed by atoms with Crippen molar-refractivity contribution in [2.75, 3.05) is 0 Å². The first kappa shape index (κ1) is 13.6. The highest BCUT2D eigenvalue weighted by Gasteiger charge is 2.16. The highest BCUT2D eigenvalue weighted by Crippen LogP contribution is 2.28. The molecule has 0 amide bonds. The van der Waals surface area contributed by atoms with Crippen LogP contribution in [-0.2, 0) is 0 Å². The van der Waals surface area contributed by atoms with Crippen molar-refractivity contribution in [3.8, 4) is 11.4 Å². The summed E-state index contributed by atoms with van der Waals surface area (Å²) in [5, 5.41) is 0.824. The standard InChI is InChI=1S/C14H6ClF2IN2/c15-13-8-6-7(18)4-5-11(8)19-14(20-13)12-9(16)2-1-3-10(12)17/h1-6H. The Labute approximate surface area is 132 Å². The Hall–Kier alpha value is -1.34. The SMILES string of the molecule is Fc1cccc(F)c1-c1nc(Cl)c2cc(I)ccc2n1. The molecule has 3 rings (SSSR count). The molecule has 0 N–H and O–H groups in total. The lowest BCUT2D eigenvalue weighted by Gasteiger charge is -2.06. The summed E-state index contributed by atoms with van der Waals surface area (Å²) in [6, 6.07) is 9.02. The fourth-order valence-corrected chi connectivity index (χ4v) is 2.61. The van der Waals surface area contributed by atoms with E-state index >= 15 is 0 Å². The average molecular weight is 403 g/mol. The highest BCUT2D eigenvalue weighted by molar-refractivity contribution is 14.1. The van der Waals surface area contributed by atoms with E-state index in [2.05, 4.69) is 32.6 Å². The maximum Gasteiger partial charge on any atom is 0.167 e. The molecular weight excluding hydrogens is 397 g/mol. The maximum atomic E-state index is 13.8. The van der Waals surface area contributed by atoms with Crippen molar-refractivity contribution in [2.24, 2.45) is 0 Å². The fourth-order valence-electron chi connectivity index (χ4n) is 1.89. The van der Waals surface area contributed by atoms with Gasteiger partial charge in [-0.15, -0.1) is 0 Å². The second-order valence-electron chi connectivity index (χ2n) is 4.10. The van der Waals surface area contributed by atoms with E-state index in [0.29, 0.717) is 10.9 Å². The van der Waals surface area contributed by atoms with Crippen molar-refractivity contribution < 1.29 is 8.78 Å².